The molecule has 19 nitrogen and oxygen atoms in total. The molecule has 5 atom stereocenters. The molecule has 0 bridgehead atoms. The van der Waals surface area contributed by atoms with E-state index in [1.54, 1.807) is 6.92 Å². The van der Waals surface area contributed by atoms with E-state index in [0.717, 1.165) is 24.3 Å². The van der Waals surface area contributed by atoms with E-state index in [4.69, 9.17) is 23.7 Å². The smallest absolute Gasteiger partial charge is 0.274 e. The number of hydrogen-bond donors (Lipinski definition) is 6. The number of anilines is 1. The van der Waals surface area contributed by atoms with Crippen LogP contribution in [-0.4, -0.2) is 130 Å². The van der Waals surface area contributed by atoms with Gasteiger partial charge in [-0.3, -0.25) is 24.0 Å². The van der Waals surface area contributed by atoms with E-state index in [2.05, 4.69) is 5.10 Å². The summed E-state index contributed by atoms with van der Waals surface area (Å²) in [4.78, 5) is 67.9. The summed E-state index contributed by atoms with van der Waals surface area (Å²) < 4.78 is 59.3. The number of ketones is 2. The van der Waals surface area contributed by atoms with E-state index in [1.807, 2.05) is 10.3 Å². The first kappa shape index (κ1) is 44.0. The van der Waals surface area contributed by atoms with Crippen molar-refractivity contribution in [2.75, 3.05) is 45.4 Å². The molecule has 3 heterocycles. The minimum absolute atomic E-state index is 0.0151. The molecule has 21 heteroatoms. The molecule has 0 radical (unpaired) electrons. The average Bonchev–Trinajstić information content (AvgIpc) is 3.61. The number of rotatable bonds is 10. The number of imide groups is 1. The van der Waals surface area contributed by atoms with Gasteiger partial charge in [0.2, 0.25) is 5.78 Å². The monoisotopic (exact) mass is 890 g/mol. The van der Waals surface area contributed by atoms with Crippen molar-refractivity contribution in [1.82, 2.24) is 10.3 Å². The molecule has 2 aliphatic carbocycles. The second kappa shape index (κ2) is 16.8. The highest BCUT2D eigenvalue weighted by Crippen LogP contribution is 2.53. The molecule has 1 saturated heterocycles. The van der Waals surface area contributed by atoms with Crippen molar-refractivity contribution >= 4 is 40.7 Å². The molecule has 1 fully saturated rings. The predicted octanol–water partition coefficient (Wildman–Crippen LogP) is 2.31. The van der Waals surface area contributed by atoms with Crippen LogP contribution in [0.4, 0.5) is 14.5 Å². The fourth-order valence-corrected chi connectivity index (χ4v) is 8.64. The Bertz CT molecular complexity index is 2610. The quantitative estimate of drug-likeness (QED) is 0.0578. The lowest BCUT2D eigenvalue weighted by atomic mass is 9.71. The number of phenols is 2. The highest BCUT2D eigenvalue weighted by Gasteiger charge is 2.50. The van der Waals surface area contributed by atoms with Gasteiger partial charge in [0.25, 0.3) is 17.7 Å². The van der Waals surface area contributed by atoms with Crippen molar-refractivity contribution in [3.63, 3.8) is 0 Å². The van der Waals surface area contributed by atoms with Crippen molar-refractivity contribution in [3.05, 3.63) is 105 Å². The Morgan fingerprint density at radius 1 is 0.969 bits per heavy atom. The predicted molar refractivity (Wildman–Crippen MR) is 214 cm³/mol. The summed E-state index contributed by atoms with van der Waals surface area (Å²) in [7, 11) is 2.74. The molecule has 336 valence electrons. The first-order valence-corrected chi connectivity index (χ1v) is 19.8. The molecule has 3 aromatic carbocycles. The van der Waals surface area contributed by atoms with Crippen molar-refractivity contribution in [3.8, 4) is 17.2 Å². The van der Waals surface area contributed by atoms with Crippen LogP contribution in [0.15, 0.2) is 59.0 Å². The number of fused-ring (bicyclic) bond motifs is 3. The molecule has 0 unspecified atom stereocenters. The molecule has 3 aromatic rings. The van der Waals surface area contributed by atoms with Gasteiger partial charge < -0.3 is 54.1 Å². The van der Waals surface area contributed by atoms with Gasteiger partial charge in [-0.25, -0.2) is 19.1 Å². The zero-order valence-corrected chi connectivity index (χ0v) is 34.2. The van der Waals surface area contributed by atoms with Crippen LogP contribution in [0.1, 0.15) is 79.2 Å². The van der Waals surface area contributed by atoms with Crippen LogP contribution < -0.4 is 15.1 Å². The summed E-state index contributed by atoms with van der Waals surface area (Å²) in [5.74, 6) is -10.2. The van der Waals surface area contributed by atoms with E-state index in [1.165, 1.54) is 32.4 Å². The van der Waals surface area contributed by atoms with Gasteiger partial charge in [-0.2, -0.15) is 5.10 Å². The van der Waals surface area contributed by atoms with Gasteiger partial charge in [0.1, 0.15) is 34.7 Å². The molecular formula is C43H40F2N4O15. The number of aliphatic hydroxyl groups is 3. The van der Waals surface area contributed by atoms with Crippen molar-refractivity contribution in [1.29, 1.82) is 0 Å². The van der Waals surface area contributed by atoms with Crippen LogP contribution >= 0.6 is 0 Å². The van der Waals surface area contributed by atoms with Gasteiger partial charge in [-0.05, 0) is 25.1 Å². The standard InChI is InChI=1S/C43H40F2N4O15/c1-18-37(53)23(48-11-12-62-30(16-48)61-3)13-29(63-18)64-25-15-43(59,26(17-50)46-47-42(58)20-7-8-22(36(45)35(20)44)49-27(51)9-10-28(49)52)14-21-32(25)41(57)34-33(39(21)55)38(54)19-5-4-6-24(60-2)31(19)40(34)56/h4-10,18,25,29-30,50,53,55,57,59H,11-17H2,1-3H3,(H,47,58)/b46-26+/t18-,25-,29-,30+,43-/m0/s1. The normalized spacial score (nSPS) is 24.5. The van der Waals surface area contributed by atoms with Gasteiger partial charge in [0, 0.05) is 61.8 Å². The highest BCUT2D eigenvalue weighted by atomic mass is 19.2. The average molecular weight is 891 g/mol. The molecule has 8 rings (SSSR count). The first-order valence-electron chi connectivity index (χ1n) is 19.8. The number of benzene rings is 3. The van der Waals surface area contributed by atoms with Gasteiger partial charge in [-0.1, -0.05) is 12.1 Å². The van der Waals surface area contributed by atoms with Crippen molar-refractivity contribution in [2.24, 2.45) is 5.10 Å². The molecule has 0 saturated carbocycles. The number of methoxy groups -OCH3 is 2. The Morgan fingerprint density at radius 3 is 2.38 bits per heavy atom. The maximum Gasteiger partial charge on any atom is 0.274 e. The number of aliphatic hydroxyl groups excluding tert-OH is 2. The molecular weight excluding hydrogens is 850 g/mol. The number of hydrogen-bond acceptors (Lipinski definition) is 17. The third-order valence-corrected chi connectivity index (χ3v) is 11.8. The van der Waals surface area contributed by atoms with E-state index in [-0.39, 0.29) is 53.3 Å². The fourth-order valence-electron chi connectivity index (χ4n) is 8.64. The molecule has 5 aliphatic rings. The van der Waals surface area contributed by atoms with Crippen LogP contribution in [-0.2, 0) is 35.0 Å². The molecule has 6 N–H and O–H groups in total. The minimum Gasteiger partial charge on any atom is -0.508 e. The Labute approximate surface area is 361 Å². The summed E-state index contributed by atoms with van der Waals surface area (Å²) >= 11 is 0. The molecule has 3 amide bonds. The van der Waals surface area contributed by atoms with Gasteiger partial charge >= 0.3 is 0 Å². The SMILES string of the molecule is COc1cccc2c1C(=O)c1c(O)c3c(c(O)c1C2=O)C[C@@](O)(/C(CO)=N/NC(=O)c1ccc(N2C(=O)C=CC2=O)c(F)c1F)C[C@@H]3O[C@H]1CC(N2CCO[C@@H](OC)C2)=C(O)[C@H](C)O1. The van der Waals surface area contributed by atoms with E-state index in [0.29, 0.717) is 17.1 Å². The minimum atomic E-state index is -2.44. The summed E-state index contributed by atoms with van der Waals surface area (Å²) in [6.07, 6.45) is -4.23. The van der Waals surface area contributed by atoms with Gasteiger partial charge in [0.15, 0.2) is 30.0 Å². The Morgan fingerprint density at radius 2 is 1.69 bits per heavy atom. The number of amides is 3. The Hall–Kier alpha value is -6.62. The number of nitrogens with zero attached hydrogens (tertiary/aromatic N) is 3. The number of morpholine rings is 1. The van der Waals surface area contributed by atoms with E-state index < -0.39 is 130 Å². The first-order chi connectivity index (χ1) is 30.5. The summed E-state index contributed by atoms with van der Waals surface area (Å²) in [5.41, 5.74) is -4.49. The summed E-state index contributed by atoms with van der Waals surface area (Å²) in [6.45, 7) is 1.26. The van der Waals surface area contributed by atoms with E-state index in [9.17, 15) is 49.5 Å². The number of nitrogens with one attached hydrogen (secondary N) is 1. The molecule has 3 aliphatic heterocycles. The van der Waals surface area contributed by atoms with Crippen LogP contribution in [0.25, 0.3) is 0 Å². The number of ether oxygens (including phenoxy) is 5. The third kappa shape index (κ3) is 7.24. The molecule has 0 aromatic heterocycles. The van der Waals surface area contributed by atoms with Crippen LogP contribution in [0, 0.1) is 11.6 Å². The molecule has 64 heavy (non-hydrogen) atoms. The van der Waals surface area contributed by atoms with Crippen molar-refractivity contribution < 1.29 is 82.0 Å². The lowest BCUT2D eigenvalue weighted by molar-refractivity contribution is -0.213. The van der Waals surface area contributed by atoms with Crippen LogP contribution in [0.3, 0.4) is 0 Å². The van der Waals surface area contributed by atoms with Gasteiger partial charge in [-0.15, -0.1) is 0 Å². The Balaban J connectivity index is 1.18. The third-order valence-electron chi connectivity index (χ3n) is 11.8. The summed E-state index contributed by atoms with van der Waals surface area (Å²) in [6, 6.07) is 5.81. The molecule has 0 spiro atoms. The lowest BCUT2D eigenvalue weighted by Crippen LogP contribution is -2.49. The maximum absolute atomic E-state index is 15.3. The van der Waals surface area contributed by atoms with E-state index >= 15 is 8.78 Å². The zero-order chi connectivity index (χ0) is 45.9. The lowest BCUT2D eigenvalue weighted by Gasteiger charge is -2.43. The topological polar surface area (TPSA) is 264 Å². The largest absolute Gasteiger partial charge is 0.508 e. The Kier molecular flexibility index (Phi) is 11.6. The second-order valence-electron chi connectivity index (χ2n) is 15.4. The van der Waals surface area contributed by atoms with Gasteiger partial charge in [0.05, 0.1) is 72.3 Å². The number of hydrazone groups is 1. The van der Waals surface area contributed by atoms with Crippen LogP contribution in [0.2, 0.25) is 0 Å². The number of carbonyl (C=O) groups excluding carboxylic acids is 5. The fraction of sp³-hybridized carbons (Fsp3) is 0.349. The zero-order valence-electron chi connectivity index (χ0n) is 34.2. The maximum atomic E-state index is 15.3. The highest BCUT2D eigenvalue weighted by molar-refractivity contribution is 6.31. The second-order valence-corrected chi connectivity index (χ2v) is 15.4. The number of phenolic OH excluding ortho intramolecular Hbond substituents is 2. The number of carbonyl (C=O) groups is 5. The van der Waals surface area contributed by atoms with Crippen LogP contribution in [0.5, 0.6) is 17.2 Å². The number of halogens is 2. The number of aromatic hydroxyl groups is 2. The van der Waals surface area contributed by atoms with Crippen molar-refractivity contribution in [2.45, 2.75) is 56.6 Å². The summed E-state index contributed by atoms with van der Waals surface area (Å²) in [5, 5.41) is 62.1.